The zero-order chi connectivity index (χ0) is 17.3. The van der Waals surface area contributed by atoms with Gasteiger partial charge in [-0.25, -0.2) is 8.42 Å². The largest absolute Gasteiger partial charge is 0.451 e. The number of nitrogens with one attached hydrogen (secondary N) is 2. The fourth-order valence-corrected chi connectivity index (χ4v) is 3.69. The summed E-state index contributed by atoms with van der Waals surface area (Å²) >= 11 is 3.21. The molecular weight excluding hydrogens is 396 g/mol. The summed E-state index contributed by atoms with van der Waals surface area (Å²) < 4.78 is 30.5. The molecule has 0 aliphatic heterocycles. The predicted octanol–water partition coefficient (Wildman–Crippen LogP) is 3.13. The molecular formula is C16H13BrN2O4S. The third kappa shape index (κ3) is 3.21. The van der Waals surface area contributed by atoms with Crippen molar-refractivity contribution in [3.63, 3.8) is 0 Å². The monoisotopic (exact) mass is 408 g/mol. The number of benzene rings is 2. The lowest BCUT2D eigenvalue weighted by Gasteiger charge is -2.08. The molecule has 0 saturated carbocycles. The lowest BCUT2D eigenvalue weighted by atomic mass is 10.1. The minimum Gasteiger partial charge on any atom is -0.451 e. The molecule has 0 radical (unpaired) electrons. The van der Waals surface area contributed by atoms with Crippen molar-refractivity contribution in [3.8, 4) is 0 Å². The number of aryl methyl sites for hydroxylation is 1. The number of carbonyl (C=O) groups excluding carboxylic acids is 1. The Hall–Kier alpha value is -2.16. The molecule has 0 fully saturated rings. The molecule has 0 spiro atoms. The summed E-state index contributed by atoms with van der Waals surface area (Å²) in [6, 6.07) is 13.3. The van der Waals surface area contributed by atoms with E-state index in [1.54, 1.807) is 31.2 Å². The van der Waals surface area contributed by atoms with E-state index in [0.29, 0.717) is 15.6 Å². The number of para-hydroxylation sites is 1. The molecule has 1 amide bonds. The quantitative estimate of drug-likeness (QED) is 0.649. The summed E-state index contributed by atoms with van der Waals surface area (Å²) in [4.78, 5) is 14.3. The number of hydrazine groups is 1. The van der Waals surface area contributed by atoms with Crippen molar-refractivity contribution < 1.29 is 17.6 Å². The van der Waals surface area contributed by atoms with Crippen LogP contribution in [0.4, 0.5) is 0 Å². The summed E-state index contributed by atoms with van der Waals surface area (Å²) in [6.45, 7) is 1.74. The van der Waals surface area contributed by atoms with Crippen LogP contribution in [0.25, 0.3) is 11.0 Å². The molecule has 0 bridgehead atoms. The van der Waals surface area contributed by atoms with Crippen LogP contribution in [0.3, 0.4) is 0 Å². The SMILES string of the molecule is Cc1c(C(=O)NNS(=O)(=O)c2cccc(Br)c2)oc2ccccc12. The van der Waals surface area contributed by atoms with Crippen molar-refractivity contribution in [3.05, 3.63) is 64.3 Å². The summed E-state index contributed by atoms with van der Waals surface area (Å²) in [6.07, 6.45) is 0. The lowest BCUT2D eigenvalue weighted by molar-refractivity contribution is 0.0918. The van der Waals surface area contributed by atoms with E-state index in [1.807, 2.05) is 12.1 Å². The fourth-order valence-electron chi connectivity index (χ4n) is 2.25. The van der Waals surface area contributed by atoms with Gasteiger partial charge in [0, 0.05) is 15.4 Å². The maximum Gasteiger partial charge on any atom is 0.302 e. The van der Waals surface area contributed by atoms with Gasteiger partial charge in [-0.2, -0.15) is 0 Å². The van der Waals surface area contributed by atoms with Gasteiger partial charge in [0.25, 0.3) is 10.0 Å². The Morgan fingerprint density at radius 3 is 2.58 bits per heavy atom. The maximum absolute atomic E-state index is 12.2. The van der Waals surface area contributed by atoms with Crippen LogP contribution in [-0.4, -0.2) is 14.3 Å². The second kappa shape index (κ2) is 6.39. The zero-order valence-electron chi connectivity index (χ0n) is 12.5. The van der Waals surface area contributed by atoms with Crippen LogP contribution in [0.15, 0.2) is 62.3 Å². The van der Waals surface area contributed by atoms with E-state index in [2.05, 4.69) is 26.2 Å². The number of hydrogen-bond acceptors (Lipinski definition) is 4. The van der Waals surface area contributed by atoms with Gasteiger partial charge in [-0.1, -0.05) is 40.2 Å². The van der Waals surface area contributed by atoms with Crippen LogP contribution >= 0.6 is 15.9 Å². The van der Waals surface area contributed by atoms with Crippen molar-refractivity contribution in [2.45, 2.75) is 11.8 Å². The maximum atomic E-state index is 12.2. The first-order valence-corrected chi connectivity index (χ1v) is 9.22. The van der Waals surface area contributed by atoms with Gasteiger partial charge in [-0.15, -0.1) is 4.83 Å². The van der Waals surface area contributed by atoms with E-state index < -0.39 is 15.9 Å². The molecule has 8 heteroatoms. The second-order valence-corrected chi connectivity index (χ2v) is 7.67. The molecule has 3 rings (SSSR count). The molecule has 24 heavy (non-hydrogen) atoms. The highest BCUT2D eigenvalue weighted by Gasteiger charge is 2.20. The van der Waals surface area contributed by atoms with Gasteiger partial charge in [0.1, 0.15) is 5.58 Å². The molecule has 3 aromatic rings. The third-order valence-corrected chi connectivity index (χ3v) is 5.19. The number of rotatable bonds is 4. The van der Waals surface area contributed by atoms with Crippen LogP contribution < -0.4 is 10.3 Å². The van der Waals surface area contributed by atoms with Crippen LogP contribution in [0.5, 0.6) is 0 Å². The predicted molar refractivity (Wildman–Crippen MR) is 92.9 cm³/mol. The van der Waals surface area contributed by atoms with Gasteiger partial charge >= 0.3 is 5.91 Å². The van der Waals surface area contributed by atoms with Crippen molar-refractivity contribution in [2.75, 3.05) is 0 Å². The molecule has 0 aliphatic carbocycles. The van der Waals surface area contributed by atoms with Gasteiger partial charge in [0.2, 0.25) is 0 Å². The van der Waals surface area contributed by atoms with Crippen LogP contribution in [0, 0.1) is 6.92 Å². The number of furan rings is 1. The number of sulfonamides is 1. The minimum atomic E-state index is -3.88. The first-order chi connectivity index (χ1) is 11.4. The van der Waals surface area contributed by atoms with Gasteiger partial charge < -0.3 is 4.42 Å². The van der Waals surface area contributed by atoms with E-state index in [1.165, 1.54) is 12.1 Å². The van der Waals surface area contributed by atoms with E-state index in [9.17, 15) is 13.2 Å². The van der Waals surface area contributed by atoms with Crippen molar-refractivity contribution in [2.24, 2.45) is 0 Å². The lowest BCUT2D eigenvalue weighted by Crippen LogP contribution is -2.41. The Morgan fingerprint density at radius 1 is 1.12 bits per heavy atom. The second-order valence-electron chi connectivity index (χ2n) is 5.07. The molecule has 0 unspecified atom stereocenters. The average molecular weight is 409 g/mol. The zero-order valence-corrected chi connectivity index (χ0v) is 14.9. The van der Waals surface area contributed by atoms with Crippen LogP contribution in [0.1, 0.15) is 16.1 Å². The Balaban J connectivity index is 1.81. The normalized spacial score (nSPS) is 11.6. The van der Waals surface area contributed by atoms with E-state index in [0.717, 1.165) is 5.39 Å². The molecule has 6 nitrogen and oxygen atoms in total. The average Bonchev–Trinajstić information content (AvgIpc) is 2.90. The number of amides is 1. The van der Waals surface area contributed by atoms with Crippen LogP contribution in [-0.2, 0) is 10.0 Å². The number of carbonyl (C=O) groups is 1. The highest BCUT2D eigenvalue weighted by atomic mass is 79.9. The Bertz CT molecular complexity index is 1030. The highest BCUT2D eigenvalue weighted by Crippen LogP contribution is 2.24. The Morgan fingerprint density at radius 2 is 1.88 bits per heavy atom. The van der Waals surface area contributed by atoms with Gasteiger partial charge in [-0.05, 0) is 31.2 Å². The molecule has 0 atom stereocenters. The van der Waals surface area contributed by atoms with Crippen LogP contribution in [0.2, 0.25) is 0 Å². The highest BCUT2D eigenvalue weighted by molar-refractivity contribution is 9.10. The van der Waals surface area contributed by atoms with E-state index in [4.69, 9.17) is 4.42 Å². The Labute approximate surface area is 147 Å². The first kappa shape index (κ1) is 16.7. The third-order valence-electron chi connectivity index (χ3n) is 3.46. The topological polar surface area (TPSA) is 88.4 Å². The molecule has 2 aromatic carbocycles. The number of hydrogen-bond donors (Lipinski definition) is 2. The molecule has 124 valence electrons. The molecule has 1 aromatic heterocycles. The summed E-state index contributed by atoms with van der Waals surface area (Å²) in [5.74, 6) is -0.601. The molecule has 1 heterocycles. The smallest absolute Gasteiger partial charge is 0.302 e. The van der Waals surface area contributed by atoms with E-state index >= 15 is 0 Å². The van der Waals surface area contributed by atoms with Crippen molar-refractivity contribution in [1.29, 1.82) is 0 Å². The summed E-state index contributed by atoms with van der Waals surface area (Å²) in [5, 5.41) is 0.803. The fraction of sp³-hybridized carbons (Fsp3) is 0.0625. The van der Waals surface area contributed by atoms with E-state index in [-0.39, 0.29) is 10.7 Å². The van der Waals surface area contributed by atoms with Gasteiger partial charge in [0.05, 0.1) is 4.90 Å². The number of fused-ring (bicyclic) bond motifs is 1. The van der Waals surface area contributed by atoms with Gasteiger partial charge in [0.15, 0.2) is 5.76 Å². The summed E-state index contributed by atoms with van der Waals surface area (Å²) in [7, 11) is -3.88. The first-order valence-electron chi connectivity index (χ1n) is 6.94. The van der Waals surface area contributed by atoms with Crippen molar-refractivity contribution in [1.82, 2.24) is 10.3 Å². The number of halogens is 1. The molecule has 0 saturated heterocycles. The van der Waals surface area contributed by atoms with Crippen molar-refractivity contribution >= 4 is 42.8 Å². The minimum absolute atomic E-state index is 0.0264. The Kier molecular flexibility index (Phi) is 4.44. The standard InChI is InChI=1S/C16H13BrN2O4S/c1-10-13-7-2-3-8-14(13)23-15(10)16(20)18-19-24(21,22)12-6-4-5-11(17)9-12/h2-9,19H,1H3,(H,18,20). The van der Waals surface area contributed by atoms with Gasteiger partial charge in [-0.3, -0.25) is 10.2 Å². The molecule has 2 N–H and O–H groups in total. The summed E-state index contributed by atoms with van der Waals surface area (Å²) in [5.41, 5.74) is 3.38. The molecule has 0 aliphatic rings.